The predicted molar refractivity (Wildman–Crippen MR) is 76.9 cm³/mol. The first-order valence-corrected chi connectivity index (χ1v) is 7.78. The number of esters is 1. The van der Waals surface area contributed by atoms with Gasteiger partial charge in [0.05, 0.1) is 17.3 Å². The van der Waals surface area contributed by atoms with Crippen molar-refractivity contribution in [1.82, 2.24) is 9.88 Å². The summed E-state index contributed by atoms with van der Waals surface area (Å²) in [7, 11) is 0. The molecule has 0 aliphatic carbocycles. The van der Waals surface area contributed by atoms with Gasteiger partial charge < -0.3 is 9.64 Å². The summed E-state index contributed by atoms with van der Waals surface area (Å²) in [5.41, 5.74) is 0.741. The molecule has 0 aromatic carbocycles. The Bertz CT molecular complexity index is 513. The fourth-order valence-electron chi connectivity index (χ4n) is 2.52. The lowest BCUT2D eigenvalue weighted by molar-refractivity contribution is -0.149. The summed E-state index contributed by atoms with van der Waals surface area (Å²) in [6.45, 7) is 6.45. The van der Waals surface area contributed by atoms with E-state index in [0.717, 1.165) is 23.5 Å². The zero-order valence-corrected chi connectivity index (χ0v) is 13.0. The van der Waals surface area contributed by atoms with Gasteiger partial charge in [0.25, 0.3) is 5.91 Å². The number of aromatic nitrogens is 1. The average Bonchev–Trinajstić information content (AvgIpc) is 2.77. The molecule has 1 amide bonds. The third-order valence-electron chi connectivity index (χ3n) is 3.42. The van der Waals surface area contributed by atoms with Gasteiger partial charge in [0.1, 0.15) is 10.9 Å². The number of likely N-dealkylation sites (tertiary alicyclic amines) is 1. The largest absolute Gasteiger partial charge is 0.464 e. The fraction of sp³-hybridized carbons (Fsp3) is 0.643. The molecule has 1 aliphatic heterocycles. The summed E-state index contributed by atoms with van der Waals surface area (Å²) in [6.07, 6.45) is 2.56. The number of nitrogens with zero attached hydrogens (tertiary/aromatic N) is 2. The maximum atomic E-state index is 12.6. The summed E-state index contributed by atoms with van der Waals surface area (Å²) in [6, 6.07) is -0.446. The Hall–Kier alpha value is -1.43. The van der Waals surface area contributed by atoms with Crippen LogP contribution >= 0.6 is 11.3 Å². The highest BCUT2D eigenvalue weighted by Gasteiger charge is 2.34. The molecule has 1 atom stereocenters. The van der Waals surface area contributed by atoms with E-state index in [1.165, 1.54) is 11.3 Å². The molecule has 1 aromatic rings. The van der Waals surface area contributed by atoms with Gasteiger partial charge >= 0.3 is 5.97 Å². The molecule has 1 saturated heterocycles. The van der Waals surface area contributed by atoms with E-state index in [2.05, 4.69) is 4.98 Å². The number of carbonyl (C=O) groups is 2. The van der Waals surface area contributed by atoms with Gasteiger partial charge in [0.2, 0.25) is 0 Å². The first kappa shape index (κ1) is 15.0. The third kappa shape index (κ3) is 3.00. The van der Waals surface area contributed by atoms with E-state index in [4.69, 9.17) is 4.74 Å². The predicted octanol–water partition coefficient (Wildman–Crippen LogP) is 2.32. The van der Waals surface area contributed by atoms with Gasteiger partial charge in [0.15, 0.2) is 0 Å². The Labute approximate surface area is 122 Å². The Morgan fingerprint density at radius 1 is 1.40 bits per heavy atom. The molecule has 1 aliphatic rings. The zero-order chi connectivity index (χ0) is 14.7. The van der Waals surface area contributed by atoms with Crippen LogP contribution < -0.4 is 0 Å². The Balaban J connectivity index is 2.21. The number of piperidine rings is 1. The molecule has 0 bridgehead atoms. The molecule has 110 valence electrons. The lowest BCUT2D eigenvalue weighted by Crippen LogP contribution is -2.48. The molecule has 0 radical (unpaired) electrons. The van der Waals surface area contributed by atoms with Gasteiger partial charge in [-0.1, -0.05) is 0 Å². The first-order chi connectivity index (χ1) is 9.54. The minimum atomic E-state index is -0.446. The molecule has 0 spiro atoms. The molecule has 0 N–H and O–H groups in total. The van der Waals surface area contributed by atoms with Crippen LogP contribution in [-0.2, 0) is 9.53 Å². The summed E-state index contributed by atoms with van der Waals surface area (Å²) in [5.74, 6) is -0.384. The second kappa shape index (κ2) is 6.35. The molecule has 1 fully saturated rings. The third-order valence-corrected chi connectivity index (χ3v) is 4.48. The van der Waals surface area contributed by atoms with Crippen LogP contribution in [0.15, 0.2) is 0 Å². The van der Waals surface area contributed by atoms with E-state index >= 15 is 0 Å². The molecular formula is C14H20N2O3S. The number of hydrogen-bond donors (Lipinski definition) is 0. The monoisotopic (exact) mass is 296 g/mol. The molecule has 0 saturated carbocycles. The number of thiazole rings is 1. The SMILES string of the molecule is CCOC(=O)C1CCCCN1C(=O)c1sc(C)nc1C. The van der Waals surface area contributed by atoms with E-state index in [0.29, 0.717) is 24.4 Å². The topological polar surface area (TPSA) is 59.5 Å². The van der Waals surface area contributed by atoms with Crippen LogP contribution in [0, 0.1) is 13.8 Å². The second-order valence-corrected chi connectivity index (χ2v) is 6.11. The molecular weight excluding hydrogens is 276 g/mol. The summed E-state index contributed by atoms with van der Waals surface area (Å²) in [4.78, 5) is 31.2. The van der Waals surface area contributed by atoms with Crippen LogP contribution in [0.3, 0.4) is 0 Å². The number of rotatable bonds is 3. The Morgan fingerprint density at radius 3 is 2.75 bits per heavy atom. The van der Waals surface area contributed by atoms with Crippen molar-refractivity contribution in [3.8, 4) is 0 Å². The molecule has 1 unspecified atom stereocenters. The molecule has 5 nitrogen and oxygen atoms in total. The molecule has 6 heteroatoms. The van der Waals surface area contributed by atoms with E-state index in [-0.39, 0.29) is 11.9 Å². The van der Waals surface area contributed by atoms with Crippen LogP contribution in [0.2, 0.25) is 0 Å². The smallest absolute Gasteiger partial charge is 0.328 e. The number of aryl methyl sites for hydroxylation is 2. The van der Waals surface area contributed by atoms with Crippen molar-refractivity contribution in [2.45, 2.75) is 46.1 Å². The lowest BCUT2D eigenvalue weighted by atomic mass is 10.0. The number of amides is 1. The highest BCUT2D eigenvalue weighted by atomic mass is 32.1. The Kier molecular flexibility index (Phi) is 4.75. The van der Waals surface area contributed by atoms with Crippen molar-refractivity contribution < 1.29 is 14.3 Å². The van der Waals surface area contributed by atoms with Crippen LogP contribution in [0.5, 0.6) is 0 Å². The minimum absolute atomic E-state index is 0.0918. The van der Waals surface area contributed by atoms with Gasteiger partial charge in [-0.3, -0.25) is 4.79 Å². The standard InChI is InChI=1S/C14H20N2O3S/c1-4-19-14(18)11-7-5-6-8-16(11)13(17)12-9(2)15-10(3)20-12/h11H,4-8H2,1-3H3. The fourth-order valence-corrected chi connectivity index (χ4v) is 3.39. The van der Waals surface area contributed by atoms with E-state index in [1.54, 1.807) is 11.8 Å². The van der Waals surface area contributed by atoms with Crippen LogP contribution in [0.25, 0.3) is 0 Å². The van der Waals surface area contributed by atoms with Gasteiger partial charge in [-0.2, -0.15) is 0 Å². The molecule has 2 heterocycles. The highest BCUT2D eigenvalue weighted by molar-refractivity contribution is 7.13. The first-order valence-electron chi connectivity index (χ1n) is 6.96. The number of ether oxygens (including phenoxy) is 1. The summed E-state index contributed by atoms with van der Waals surface area (Å²) < 4.78 is 5.09. The average molecular weight is 296 g/mol. The van der Waals surface area contributed by atoms with E-state index in [1.807, 2.05) is 13.8 Å². The van der Waals surface area contributed by atoms with Crippen molar-refractivity contribution in [2.75, 3.05) is 13.2 Å². The normalized spacial score (nSPS) is 18.9. The molecule has 1 aromatic heterocycles. The minimum Gasteiger partial charge on any atom is -0.464 e. The van der Waals surface area contributed by atoms with Gasteiger partial charge in [-0.15, -0.1) is 11.3 Å². The highest BCUT2D eigenvalue weighted by Crippen LogP contribution is 2.25. The quantitative estimate of drug-likeness (QED) is 0.803. The van der Waals surface area contributed by atoms with Crippen molar-refractivity contribution in [2.24, 2.45) is 0 Å². The Morgan fingerprint density at radius 2 is 2.15 bits per heavy atom. The molecule has 2 rings (SSSR count). The van der Waals surface area contributed by atoms with Crippen molar-refractivity contribution >= 4 is 23.2 Å². The lowest BCUT2D eigenvalue weighted by Gasteiger charge is -2.33. The van der Waals surface area contributed by atoms with Gasteiger partial charge in [-0.25, -0.2) is 9.78 Å². The zero-order valence-electron chi connectivity index (χ0n) is 12.1. The van der Waals surface area contributed by atoms with Gasteiger partial charge in [-0.05, 0) is 40.0 Å². The number of hydrogen-bond acceptors (Lipinski definition) is 5. The van der Waals surface area contributed by atoms with E-state index < -0.39 is 6.04 Å². The second-order valence-electron chi connectivity index (χ2n) is 4.91. The number of carbonyl (C=O) groups excluding carboxylic acids is 2. The van der Waals surface area contributed by atoms with E-state index in [9.17, 15) is 9.59 Å². The summed E-state index contributed by atoms with van der Waals surface area (Å²) >= 11 is 1.39. The van der Waals surface area contributed by atoms with Gasteiger partial charge in [0, 0.05) is 6.54 Å². The maximum absolute atomic E-state index is 12.6. The van der Waals surface area contributed by atoms with Crippen LogP contribution in [0.1, 0.15) is 46.6 Å². The maximum Gasteiger partial charge on any atom is 0.328 e. The van der Waals surface area contributed by atoms with Crippen molar-refractivity contribution in [3.63, 3.8) is 0 Å². The van der Waals surface area contributed by atoms with Crippen LogP contribution in [0.4, 0.5) is 0 Å². The molecule has 20 heavy (non-hydrogen) atoms. The van der Waals surface area contributed by atoms with Crippen molar-refractivity contribution in [1.29, 1.82) is 0 Å². The summed E-state index contributed by atoms with van der Waals surface area (Å²) in [5, 5.41) is 0.871. The van der Waals surface area contributed by atoms with Crippen molar-refractivity contribution in [3.05, 3.63) is 15.6 Å². The van der Waals surface area contributed by atoms with Crippen LogP contribution in [-0.4, -0.2) is 41.0 Å².